The molecule has 9 heteroatoms. The van der Waals surface area contributed by atoms with E-state index < -0.39 is 0 Å². The summed E-state index contributed by atoms with van der Waals surface area (Å²) in [5.74, 6) is 5.97. The van der Waals surface area contributed by atoms with Crippen molar-refractivity contribution in [3.05, 3.63) is 0 Å². The normalized spacial score (nSPS) is 56.2. The first-order chi connectivity index (χ1) is 19.8. The van der Waals surface area contributed by atoms with E-state index in [1.807, 2.05) is 0 Å². The van der Waals surface area contributed by atoms with Crippen molar-refractivity contribution < 1.29 is 20.4 Å². The van der Waals surface area contributed by atoms with Crippen LogP contribution in [0, 0.1) is 47.3 Å². The molecule has 41 heavy (non-hydrogen) atoms. The SMILES string of the molecule is C1CCC2C3NC(NC4NC(NC5NC(NC6NC(N3)C3CCCCC63)C3CCCCC53)C3CCCCC43)C2C1.[Re]. The Bertz CT molecular complexity index is 716. The maximum atomic E-state index is 4.26. The summed E-state index contributed by atoms with van der Waals surface area (Å²) in [4.78, 5) is 0. The zero-order chi connectivity index (χ0) is 26.2. The van der Waals surface area contributed by atoms with E-state index in [9.17, 15) is 0 Å². The van der Waals surface area contributed by atoms with Crippen molar-refractivity contribution in [1.82, 2.24) is 42.5 Å². The van der Waals surface area contributed by atoms with E-state index in [1.54, 1.807) is 0 Å². The summed E-state index contributed by atoms with van der Waals surface area (Å²) in [6, 6.07) is 0. The molecule has 9 aliphatic rings. The maximum absolute atomic E-state index is 4.26. The van der Waals surface area contributed by atoms with Gasteiger partial charge < -0.3 is 0 Å². The molecule has 0 aromatic carbocycles. The van der Waals surface area contributed by atoms with E-state index in [0.717, 1.165) is 47.3 Å². The van der Waals surface area contributed by atoms with Gasteiger partial charge in [0.15, 0.2) is 0 Å². The van der Waals surface area contributed by atoms with Gasteiger partial charge in [-0.05, 0) is 98.7 Å². The van der Waals surface area contributed by atoms with Crippen LogP contribution in [0.5, 0.6) is 0 Å². The Hall–Kier alpha value is 0.342. The second kappa shape index (κ2) is 11.9. The van der Waals surface area contributed by atoms with E-state index >= 15 is 0 Å². The van der Waals surface area contributed by atoms with Crippen LogP contribution in [-0.2, 0) is 20.4 Å². The van der Waals surface area contributed by atoms with Crippen LogP contribution in [0.1, 0.15) is 103 Å². The van der Waals surface area contributed by atoms with Crippen LogP contribution in [0.2, 0.25) is 0 Å². The second-order valence-corrected chi connectivity index (χ2v) is 15.6. The van der Waals surface area contributed by atoms with E-state index in [0.29, 0.717) is 49.3 Å². The van der Waals surface area contributed by atoms with Crippen LogP contribution in [0.3, 0.4) is 0 Å². The monoisotopic (exact) mass is 739 g/mol. The summed E-state index contributed by atoms with van der Waals surface area (Å²) in [6.07, 6.45) is 25.6. The van der Waals surface area contributed by atoms with E-state index in [-0.39, 0.29) is 20.4 Å². The molecule has 8 N–H and O–H groups in total. The van der Waals surface area contributed by atoms with Gasteiger partial charge >= 0.3 is 0 Å². The Morgan fingerprint density at radius 2 is 0.341 bits per heavy atom. The molecule has 1 radical (unpaired) electrons. The van der Waals surface area contributed by atoms with Crippen molar-refractivity contribution in [3.63, 3.8) is 0 Å². The minimum absolute atomic E-state index is 0. The van der Waals surface area contributed by atoms with Gasteiger partial charge in [0.05, 0.1) is 49.3 Å². The van der Waals surface area contributed by atoms with Gasteiger partial charge in [-0.1, -0.05) is 51.4 Å². The topological polar surface area (TPSA) is 96.2 Å². The second-order valence-electron chi connectivity index (χ2n) is 15.6. The van der Waals surface area contributed by atoms with Gasteiger partial charge in [-0.2, -0.15) is 0 Å². The molecule has 8 atom stereocenters. The number of nitrogens with one attached hydrogen (secondary N) is 8. The molecule has 8 bridgehead atoms. The van der Waals surface area contributed by atoms with Gasteiger partial charge in [-0.25, -0.2) is 0 Å². The number of hydrogen-bond acceptors (Lipinski definition) is 8. The Balaban J connectivity index is 0.00000256. The fourth-order valence-corrected chi connectivity index (χ4v) is 12.0. The third-order valence-corrected chi connectivity index (χ3v) is 13.8. The quantitative estimate of drug-likeness (QED) is 0.193. The van der Waals surface area contributed by atoms with Gasteiger partial charge in [-0.3, -0.25) is 42.5 Å². The fraction of sp³-hybridized carbons (Fsp3) is 1.00. The minimum Gasteiger partial charge on any atom is -0.286 e. The van der Waals surface area contributed by atoms with Gasteiger partial charge in [0.1, 0.15) is 0 Å². The van der Waals surface area contributed by atoms with E-state index in [1.165, 1.54) is 103 Å². The molecule has 9 fully saturated rings. The molecule has 9 rings (SSSR count). The molecular weight excluding hydrogens is 683 g/mol. The van der Waals surface area contributed by atoms with Crippen LogP contribution in [0.4, 0.5) is 0 Å². The van der Waals surface area contributed by atoms with Gasteiger partial charge in [0, 0.05) is 20.4 Å². The van der Waals surface area contributed by atoms with Crippen LogP contribution >= 0.6 is 0 Å². The van der Waals surface area contributed by atoms with Crippen LogP contribution in [-0.4, -0.2) is 49.3 Å². The molecular formula is C32H56N8Re. The largest absolute Gasteiger partial charge is 0.286 e. The first-order valence-electron chi connectivity index (χ1n) is 17.9. The molecule has 4 aliphatic carbocycles. The number of rotatable bonds is 0. The van der Waals surface area contributed by atoms with E-state index in [4.69, 9.17) is 0 Å². The summed E-state index contributed by atoms with van der Waals surface area (Å²) in [6.45, 7) is 0. The summed E-state index contributed by atoms with van der Waals surface area (Å²) in [7, 11) is 0. The molecule has 0 spiro atoms. The Kier molecular flexibility index (Phi) is 8.38. The zero-order valence-electron chi connectivity index (χ0n) is 24.9. The molecule has 0 aromatic heterocycles. The van der Waals surface area contributed by atoms with Crippen LogP contribution in [0.15, 0.2) is 0 Å². The molecule has 5 saturated heterocycles. The summed E-state index contributed by atoms with van der Waals surface area (Å²) in [5.41, 5.74) is 0. The molecule has 8 unspecified atom stereocenters. The smallest absolute Gasteiger partial charge is 0.0628 e. The average Bonchev–Trinajstić information content (AvgIpc) is 3.73. The molecule has 5 aliphatic heterocycles. The predicted octanol–water partition coefficient (Wildman–Crippen LogP) is 2.60. The van der Waals surface area contributed by atoms with E-state index in [2.05, 4.69) is 42.5 Å². The molecule has 5 heterocycles. The van der Waals surface area contributed by atoms with Crippen molar-refractivity contribution in [1.29, 1.82) is 0 Å². The van der Waals surface area contributed by atoms with Gasteiger partial charge in [-0.15, -0.1) is 0 Å². The van der Waals surface area contributed by atoms with Crippen molar-refractivity contribution in [2.75, 3.05) is 0 Å². The average molecular weight is 739 g/mol. The van der Waals surface area contributed by atoms with Gasteiger partial charge in [0.25, 0.3) is 0 Å². The third kappa shape index (κ3) is 5.05. The summed E-state index contributed by atoms with van der Waals surface area (Å²) >= 11 is 0. The summed E-state index contributed by atoms with van der Waals surface area (Å²) in [5, 5.41) is 33.8. The van der Waals surface area contributed by atoms with Crippen molar-refractivity contribution in [3.8, 4) is 0 Å². The first kappa shape index (κ1) is 28.8. The molecule has 0 aromatic rings. The summed E-state index contributed by atoms with van der Waals surface area (Å²) < 4.78 is 0. The minimum atomic E-state index is 0. The Morgan fingerprint density at radius 1 is 0.220 bits per heavy atom. The van der Waals surface area contributed by atoms with Crippen molar-refractivity contribution >= 4 is 0 Å². The molecule has 0 amide bonds. The zero-order valence-corrected chi connectivity index (χ0v) is 27.6. The molecule has 4 saturated carbocycles. The fourth-order valence-electron chi connectivity index (χ4n) is 12.0. The van der Waals surface area contributed by atoms with Crippen molar-refractivity contribution in [2.24, 2.45) is 47.3 Å². The Labute approximate surface area is 261 Å². The number of hydrogen-bond donors (Lipinski definition) is 8. The molecule has 231 valence electrons. The number of fused-ring (bicyclic) bond motifs is 20. The molecule has 8 nitrogen and oxygen atoms in total. The van der Waals surface area contributed by atoms with Crippen LogP contribution in [0.25, 0.3) is 0 Å². The predicted molar refractivity (Wildman–Crippen MR) is 157 cm³/mol. The maximum Gasteiger partial charge on any atom is 0.0628 e. The third-order valence-electron chi connectivity index (χ3n) is 13.8. The van der Waals surface area contributed by atoms with Gasteiger partial charge in [0.2, 0.25) is 0 Å². The Morgan fingerprint density at radius 3 is 0.463 bits per heavy atom. The standard InChI is InChI=1S/C32H56N8.Re/c1-2-10-18-17(9-1)25-33-26(18)38-28-21-13-5-6-14-22(21)30(35-28)40-32-24-16-8-7-15-23(24)31(36-32)39-29-20-12-4-3-11-19(20)27(34-29)37-25;/h17-40H,1-16H2;. The van der Waals surface area contributed by atoms with Crippen LogP contribution < -0.4 is 42.5 Å². The first-order valence-corrected chi connectivity index (χ1v) is 17.9. The van der Waals surface area contributed by atoms with Crippen molar-refractivity contribution in [2.45, 2.75) is 152 Å².